The van der Waals surface area contributed by atoms with Crippen molar-refractivity contribution in [1.82, 2.24) is 9.62 Å². The highest BCUT2D eigenvalue weighted by Crippen LogP contribution is 2.28. The molecule has 1 amide bonds. The molecule has 3 aromatic carbocycles. The van der Waals surface area contributed by atoms with Crippen LogP contribution in [0, 0.1) is 0 Å². The third kappa shape index (κ3) is 6.61. The van der Waals surface area contributed by atoms with Crippen LogP contribution in [0.4, 0.5) is 5.69 Å². The number of piperazine rings is 1. The van der Waals surface area contributed by atoms with Crippen LogP contribution in [-0.2, 0) is 16.6 Å². The molecule has 8 heteroatoms. The average Bonchev–Trinajstić information content (AvgIpc) is 2.84. The maximum absolute atomic E-state index is 12.0. The highest BCUT2D eigenvalue weighted by molar-refractivity contribution is 7.89. The molecule has 1 fully saturated rings. The number of hydrogen-bond donors (Lipinski definition) is 1. The molecule has 1 saturated heterocycles. The van der Waals surface area contributed by atoms with E-state index in [0.29, 0.717) is 12.2 Å². The number of benzene rings is 3. The Bertz CT molecular complexity index is 1270. The molecule has 0 aromatic heterocycles. The monoisotopic (exact) mass is 493 g/mol. The Morgan fingerprint density at radius 2 is 1.66 bits per heavy atom. The van der Waals surface area contributed by atoms with E-state index in [9.17, 15) is 13.2 Å². The Balaban J connectivity index is 1.38. The van der Waals surface area contributed by atoms with Crippen LogP contribution in [0.5, 0.6) is 5.75 Å². The lowest BCUT2D eigenvalue weighted by molar-refractivity contribution is 0.0981. The predicted octanol–water partition coefficient (Wildman–Crippen LogP) is 3.76. The van der Waals surface area contributed by atoms with E-state index in [1.54, 1.807) is 12.1 Å². The van der Waals surface area contributed by atoms with Gasteiger partial charge in [-0.15, -0.1) is 0 Å². The van der Waals surface area contributed by atoms with Gasteiger partial charge in [0.1, 0.15) is 5.75 Å². The van der Waals surface area contributed by atoms with Crippen molar-refractivity contribution in [3.63, 3.8) is 0 Å². The third-order valence-corrected chi connectivity index (χ3v) is 6.57. The summed E-state index contributed by atoms with van der Waals surface area (Å²) in [4.78, 5) is 16.8. The quantitative estimate of drug-likeness (QED) is 0.515. The highest BCUT2D eigenvalue weighted by atomic mass is 32.2. The second kappa shape index (κ2) is 10.9. The summed E-state index contributed by atoms with van der Waals surface area (Å²) < 4.78 is 30.3. The fraction of sp³-hybridized carbons (Fsp3) is 0.296. The van der Waals surface area contributed by atoms with Gasteiger partial charge in [0.15, 0.2) is 0 Å². The van der Waals surface area contributed by atoms with Crippen LogP contribution in [0.1, 0.15) is 22.8 Å². The van der Waals surface area contributed by atoms with E-state index < -0.39 is 15.9 Å². The molecule has 3 aromatic rings. The summed E-state index contributed by atoms with van der Waals surface area (Å²) in [5.74, 6) is 0.266. The van der Waals surface area contributed by atoms with Gasteiger partial charge in [-0.25, -0.2) is 13.1 Å². The van der Waals surface area contributed by atoms with Gasteiger partial charge in [-0.05, 0) is 60.0 Å². The Labute approximate surface area is 207 Å². The van der Waals surface area contributed by atoms with Gasteiger partial charge in [0.05, 0.1) is 12.9 Å². The molecule has 1 aliphatic heterocycles. The van der Waals surface area contributed by atoms with Crippen LogP contribution in [0.25, 0.3) is 11.1 Å². The van der Waals surface area contributed by atoms with Crippen LogP contribution in [-0.4, -0.2) is 58.3 Å². The zero-order chi connectivity index (χ0) is 24.8. The van der Waals surface area contributed by atoms with Gasteiger partial charge in [-0.3, -0.25) is 9.69 Å². The van der Waals surface area contributed by atoms with Gasteiger partial charge in [0, 0.05) is 44.0 Å². The van der Waals surface area contributed by atoms with E-state index in [4.69, 9.17) is 4.74 Å². The number of nitrogens with one attached hydrogen (secondary N) is 1. The molecule has 184 valence electrons. The number of hydrogen-bond acceptors (Lipinski definition) is 6. The van der Waals surface area contributed by atoms with Crippen molar-refractivity contribution in [3.8, 4) is 16.9 Å². The molecule has 0 unspecified atom stereocenters. The normalized spacial score (nSPS) is 14.5. The molecule has 1 N–H and O–H groups in total. The predicted molar refractivity (Wildman–Crippen MR) is 139 cm³/mol. The first-order valence-corrected chi connectivity index (χ1v) is 13.6. The Hall–Kier alpha value is -3.36. The van der Waals surface area contributed by atoms with Gasteiger partial charge >= 0.3 is 0 Å². The minimum absolute atomic E-state index is 0.322. The molecule has 0 bridgehead atoms. The van der Waals surface area contributed by atoms with Crippen LogP contribution >= 0.6 is 0 Å². The van der Waals surface area contributed by atoms with Gasteiger partial charge in [-0.1, -0.05) is 36.4 Å². The van der Waals surface area contributed by atoms with Gasteiger partial charge in [0.25, 0.3) is 5.91 Å². The molecule has 0 saturated carbocycles. The van der Waals surface area contributed by atoms with Crippen molar-refractivity contribution in [3.05, 3.63) is 83.9 Å². The van der Waals surface area contributed by atoms with Crippen molar-refractivity contribution in [2.75, 3.05) is 43.9 Å². The number of ether oxygens (including phenoxy) is 1. The van der Waals surface area contributed by atoms with E-state index >= 15 is 0 Å². The third-order valence-electron chi connectivity index (χ3n) is 6.01. The highest BCUT2D eigenvalue weighted by Gasteiger charge is 2.19. The maximum atomic E-state index is 12.0. The van der Waals surface area contributed by atoms with Gasteiger partial charge < -0.3 is 9.64 Å². The van der Waals surface area contributed by atoms with Crippen molar-refractivity contribution in [2.24, 2.45) is 0 Å². The topological polar surface area (TPSA) is 79.0 Å². The summed E-state index contributed by atoms with van der Waals surface area (Å²) in [6.07, 6.45) is 0.967. The fourth-order valence-electron chi connectivity index (χ4n) is 4.32. The summed E-state index contributed by atoms with van der Waals surface area (Å²) in [5.41, 5.74) is 5.01. The zero-order valence-corrected chi connectivity index (χ0v) is 20.9. The number of anilines is 1. The van der Waals surface area contributed by atoms with Crippen molar-refractivity contribution in [2.45, 2.75) is 13.5 Å². The molecule has 35 heavy (non-hydrogen) atoms. The minimum atomic E-state index is -3.58. The summed E-state index contributed by atoms with van der Waals surface area (Å²) in [6, 6.07) is 23.8. The van der Waals surface area contributed by atoms with E-state index in [2.05, 4.69) is 46.2 Å². The summed E-state index contributed by atoms with van der Waals surface area (Å²) in [7, 11) is -3.58. The summed E-state index contributed by atoms with van der Waals surface area (Å²) in [5, 5.41) is 0. The lowest BCUT2D eigenvalue weighted by atomic mass is 9.99. The lowest BCUT2D eigenvalue weighted by Crippen LogP contribution is -2.46. The molecule has 4 rings (SSSR count). The van der Waals surface area contributed by atoms with Crippen LogP contribution < -0.4 is 14.4 Å². The van der Waals surface area contributed by atoms with E-state index in [0.717, 1.165) is 56.0 Å². The Morgan fingerprint density at radius 1 is 0.943 bits per heavy atom. The number of carbonyl (C=O) groups excluding carboxylic acids is 1. The first-order chi connectivity index (χ1) is 16.8. The van der Waals surface area contributed by atoms with Crippen LogP contribution in [0.15, 0.2) is 72.8 Å². The number of rotatable bonds is 8. The van der Waals surface area contributed by atoms with Crippen LogP contribution in [0.2, 0.25) is 0 Å². The van der Waals surface area contributed by atoms with Crippen molar-refractivity contribution < 1.29 is 17.9 Å². The maximum Gasteiger partial charge on any atom is 0.264 e. The fourth-order valence-corrected chi connectivity index (χ4v) is 4.77. The molecule has 7 nitrogen and oxygen atoms in total. The van der Waals surface area contributed by atoms with Crippen LogP contribution in [0.3, 0.4) is 0 Å². The number of carbonyl (C=O) groups is 1. The molecule has 0 spiro atoms. The standard InChI is InChI=1S/C27H31N3O4S/c1-3-34-25-9-6-8-22(19-25)26-10-5-4-7-23(26)20-29-15-17-30(18-16-29)24-13-11-21(12-14-24)27(31)28-35(2,32)33/h4-14,19H,3,15-18,20H2,1-2H3,(H,28,31). The molecular formula is C27H31N3O4S. The second-order valence-electron chi connectivity index (χ2n) is 8.63. The Morgan fingerprint density at radius 3 is 2.34 bits per heavy atom. The minimum Gasteiger partial charge on any atom is -0.494 e. The SMILES string of the molecule is CCOc1cccc(-c2ccccc2CN2CCN(c3ccc(C(=O)NS(C)(=O)=O)cc3)CC2)c1. The van der Waals surface area contributed by atoms with Gasteiger partial charge in [-0.2, -0.15) is 0 Å². The molecule has 0 atom stereocenters. The smallest absolute Gasteiger partial charge is 0.264 e. The molecule has 1 aliphatic rings. The largest absolute Gasteiger partial charge is 0.494 e. The summed E-state index contributed by atoms with van der Waals surface area (Å²) in [6.45, 7) is 7.09. The lowest BCUT2D eigenvalue weighted by Gasteiger charge is -2.36. The molecule has 0 radical (unpaired) electrons. The number of sulfonamides is 1. The van der Waals surface area contributed by atoms with Crippen molar-refractivity contribution in [1.29, 1.82) is 0 Å². The number of nitrogens with zero attached hydrogens (tertiary/aromatic N) is 2. The van der Waals surface area contributed by atoms with E-state index in [1.807, 2.05) is 35.9 Å². The van der Waals surface area contributed by atoms with E-state index in [1.165, 1.54) is 11.1 Å². The second-order valence-corrected chi connectivity index (χ2v) is 10.4. The number of amides is 1. The first-order valence-electron chi connectivity index (χ1n) is 11.7. The van der Waals surface area contributed by atoms with Gasteiger partial charge in [0.2, 0.25) is 10.0 Å². The van der Waals surface area contributed by atoms with Crippen molar-refractivity contribution >= 4 is 21.6 Å². The van der Waals surface area contributed by atoms with E-state index in [-0.39, 0.29) is 0 Å². The zero-order valence-electron chi connectivity index (χ0n) is 20.1. The molecular weight excluding hydrogens is 462 g/mol. The summed E-state index contributed by atoms with van der Waals surface area (Å²) >= 11 is 0. The molecule has 0 aliphatic carbocycles. The first kappa shape index (κ1) is 24.8. The molecule has 1 heterocycles. The average molecular weight is 494 g/mol. The Kier molecular flexibility index (Phi) is 7.73.